The molecular weight excluding hydrogens is 402 g/mol. The third-order valence-electron chi connectivity index (χ3n) is 5.46. The molecule has 1 N–H and O–H groups in total. The van der Waals surface area contributed by atoms with E-state index < -0.39 is 11.8 Å². The maximum atomic E-state index is 13.1. The molecule has 1 aliphatic carbocycles. The Morgan fingerprint density at radius 1 is 1.20 bits per heavy atom. The number of benzene rings is 1. The Kier molecular flexibility index (Phi) is 5.92. The highest BCUT2D eigenvalue weighted by Crippen LogP contribution is 2.38. The smallest absolute Gasteiger partial charge is 0.221 e. The van der Waals surface area contributed by atoms with Crippen molar-refractivity contribution in [2.24, 2.45) is 5.92 Å². The molecule has 1 heterocycles. The summed E-state index contributed by atoms with van der Waals surface area (Å²) in [6.07, 6.45) is 1.74. The third kappa shape index (κ3) is 4.33. The van der Waals surface area contributed by atoms with Crippen LogP contribution in [0.25, 0.3) is 5.69 Å². The lowest BCUT2D eigenvalue weighted by molar-refractivity contribution is -0.129. The van der Waals surface area contributed by atoms with Crippen molar-refractivity contribution in [2.75, 3.05) is 0 Å². The van der Waals surface area contributed by atoms with E-state index in [1.54, 1.807) is 10.9 Å². The maximum Gasteiger partial charge on any atom is 0.221 e. The van der Waals surface area contributed by atoms with E-state index in [1.165, 1.54) is 0 Å². The predicted molar refractivity (Wildman–Crippen MR) is 116 cm³/mol. The van der Waals surface area contributed by atoms with E-state index in [9.17, 15) is 14.4 Å². The molecular formula is C23H28ClN3O3. The number of carbonyl (C=O) groups is 3. The molecule has 1 aromatic heterocycles. The zero-order chi connectivity index (χ0) is 22.4. The Morgan fingerprint density at radius 2 is 1.80 bits per heavy atom. The van der Waals surface area contributed by atoms with Crippen LogP contribution in [0.1, 0.15) is 61.9 Å². The molecule has 1 aliphatic rings. The lowest BCUT2D eigenvalue weighted by atomic mass is 9.86. The lowest BCUT2D eigenvalue weighted by Crippen LogP contribution is -2.41. The number of nitrogens with one attached hydrogen (secondary N) is 1. The number of rotatable bonds is 4. The van der Waals surface area contributed by atoms with Crippen LogP contribution < -0.4 is 5.32 Å². The second kappa shape index (κ2) is 7.99. The van der Waals surface area contributed by atoms with E-state index in [4.69, 9.17) is 11.6 Å². The Bertz CT molecular complexity index is 1010. The first-order valence-electron chi connectivity index (χ1n) is 10.1. The van der Waals surface area contributed by atoms with Crippen LogP contribution in [0.3, 0.4) is 0 Å². The molecule has 0 radical (unpaired) electrons. The van der Waals surface area contributed by atoms with Crippen LogP contribution in [0.15, 0.2) is 18.3 Å². The fourth-order valence-electron chi connectivity index (χ4n) is 4.20. The van der Waals surface area contributed by atoms with Crippen LogP contribution in [0.2, 0.25) is 5.02 Å². The summed E-state index contributed by atoms with van der Waals surface area (Å²) in [6, 6.07) is 3.83. The molecule has 160 valence electrons. The van der Waals surface area contributed by atoms with Crippen LogP contribution in [-0.2, 0) is 14.4 Å². The summed E-state index contributed by atoms with van der Waals surface area (Å²) in [4.78, 5) is 38.2. The lowest BCUT2D eigenvalue weighted by Gasteiger charge is -2.21. The number of aromatic nitrogens is 2. The highest BCUT2D eigenvalue weighted by molar-refractivity contribution is 6.31. The Labute approximate surface area is 182 Å². The molecule has 1 fully saturated rings. The number of halogens is 1. The Hall–Kier alpha value is -2.47. The second-order valence-corrected chi connectivity index (χ2v) is 9.60. The molecule has 0 aliphatic heterocycles. The number of Topliss-reactive ketones (excluding diaryl/α,β-unsaturated/α-hetero) is 2. The minimum absolute atomic E-state index is 0.0412. The second-order valence-electron chi connectivity index (χ2n) is 9.19. The third-order valence-corrected chi connectivity index (χ3v) is 5.84. The van der Waals surface area contributed by atoms with E-state index in [0.717, 1.165) is 28.1 Å². The average molecular weight is 430 g/mol. The first-order chi connectivity index (χ1) is 13.9. The van der Waals surface area contributed by atoms with Gasteiger partial charge in [-0.25, -0.2) is 4.68 Å². The normalized spacial score (nSPS) is 19.4. The van der Waals surface area contributed by atoms with Gasteiger partial charge in [0, 0.05) is 24.3 Å². The van der Waals surface area contributed by atoms with Crippen LogP contribution in [-0.4, -0.2) is 32.8 Å². The quantitative estimate of drug-likeness (QED) is 0.745. The Balaban J connectivity index is 1.88. The molecule has 1 amide bonds. The topological polar surface area (TPSA) is 81.1 Å². The molecule has 1 aromatic carbocycles. The van der Waals surface area contributed by atoms with Gasteiger partial charge in [0.25, 0.3) is 0 Å². The summed E-state index contributed by atoms with van der Waals surface area (Å²) < 4.78 is 1.74. The number of amides is 1. The zero-order valence-corrected chi connectivity index (χ0v) is 19.1. The van der Waals surface area contributed by atoms with Crippen LogP contribution in [0.5, 0.6) is 0 Å². The summed E-state index contributed by atoms with van der Waals surface area (Å²) in [5.74, 6) is -1.87. The molecule has 2 unspecified atom stereocenters. The predicted octanol–water partition coefficient (Wildman–Crippen LogP) is 4.00. The van der Waals surface area contributed by atoms with Crippen molar-refractivity contribution in [2.45, 2.75) is 65.8 Å². The molecule has 0 bridgehead atoms. The van der Waals surface area contributed by atoms with E-state index in [1.807, 2.05) is 53.7 Å². The van der Waals surface area contributed by atoms with Gasteiger partial charge in [-0.2, -0.15) is 5.10 Å². The fraction of sp³-hybridized carbons (Fsp3) is 0.478. The van der Waals surface area contributed by atoms with Crippen molar-refractivity contribution >= 4 is 29.1 Å². The summed E-state index contributed by atoms with van der Waals surface area (Å²) >= 11 is 6.12. The largest absolute Gasteiger partial charge is 0.351 e. The van der Waals surface area contributed by atoms with Crippen molar-refractivity contribution in [3.05, 3.63) is 45.7 Å². The number of ketones is 2. The van der Waals surface area contributed by atoms with Crippen molar-refractivity contribution in [1.82, 2.24) is 15.1 Å². The maximum absolute atomic E-state index is 13.1. The van der Waals surface area contributed by atoms with Crippen LogP contribution >= 0.6 is 11.6 Å². The average Bonchev–Trinajstić information content (AvgIpc) is 3.06. The van der Waals surface area contributed by atoms with Gasteiger partial charge in [0.2, 0.25) is 5.91 Å². The van der Waals surface area contributed by atoms with Gasteiger partial charge >= 0.3 is 0 Å². The Morgan fingerprint density at radius 3 is 2.30 bits per heavy atom. The molecule has 0 saturated heterocycles. The molecule has 0 spiro atoms. The van der Waals surface area contributed by atoms with Gasteiger partial charge in [-0.05, 0) is 70.4 Å². The van der Waals surface area contributed by atoms with Gasteiger partial charge in [-0.15, -0.1) is 0 Å². The molecule has 3 rings (SSSR count). The van der Waals surface area contributed by atoms with E-state index in [2.05, 4.69) is 10.4 Å². The van der Waals surface area contributed by atoms with E-state index in [0.29, 0.717) is 5.02 Å². The van der Waals surface area contributed by atoms with E-state index in [-0.39, 0.29) is 35.9 Å². The zero-order valence-electron chi connectivity index (χ0n) is 18.3. The number of hydrogen-bond acceptors (Lipinski definition) is 4. The standard InChI is InChI=1S/C23H28ClN3O3/c1-12-7-16(27-14(3)17(24)11-25-27)8-13(2)20(12)21-18(28)9-15(22(21)30)10-19(29)26-23(4,5)6/h7-8,11,15,21H,9-10H2,1-6H3,(H,26,29). The highest BCUT2D eigenvalue weighted by Gasteiger charge is 2.44. The number of aryl methyl sites for hydroxylation is 2. The first-order valence-corrected chi connectivity index (χ1v) is 10.5. The first kappa shape index (κ1) is 22.2. The monoisotopic (exact) mass is 429 g/mol. The number of hydrogen-bond donors (Lipinski definition) is 1. The molecule has 30 heavy (non-hydrogen) atoms. The van der Waals surface area contributed by atoms with Gasteiger partial charge in [0.15, 0.2) is 5.78 Å². The summed E-state index contributed by atoms with van der Waals surface area (Å²) in [7, 11) is 0. The van der Waals surface area contributed by atoms with Gasteiger partial charge in [-0.3, -0.25) is 14.4 Å². The molecule has 6 nitrogen and oxygen atoms in total. The van der Waals surface area contributed by atoms with E-state index >= 15 is 0 Å². The minimum atomic E-state index is -0.811. The van der Waals surface area contributed by atoms with Gasteiger partial charge in [0.1, 0.15) is 11.7 Å². The SMILES string of the molecule is Cc1cc(-n2ncc(Cl)c2C)cc(C)c1C1C(=O)CC(CC(=O)NC(C)(C)C)C1=O. The fourth-order valence-corrected chi connectivity index (χ4v) is 4.33. The molecule has 2 atom stereocenters. The van der Waals surface area contributed by atoms with Crippen molar-refractivity contribution < 1.29 is 14.4 Å². The number of carbonyl (C=O) groups excluding carboxylic acids is 3. The molecule has 1 saturated carbocycles. The molecule has 7 heteroatoms. The van der Waals surface area contributed by atoms with Gasteiger partial charge < -0.3 is 5.32 Å². The van der Waals surface area contributed by atoms with Crippen LogP contribution in [0, 0.1) is 26.7 Å². The van der Waals surface area contributed by atoms with Gasteiger partial charge in [-0.1, -0.05) is 11.6 Å². The molecule has 2 aromatic rings. The van der Waals surface area contributed by atoms with Crippen molar-refractivity contribution in [1.29, 1.82) is 0 Å². The summed E-state index contributed by atoms with van der Waals surface area (Å²) in [5, 5.41) is 7.75. The highest BCUT2D eigenvalue weighted by atomic mass is 35.5. The minimum Gasteiger partial charge on any atom is -0.351 e. The van der Waals surface area contributed by atoms with Gasteiger partial charge in [0.05, 0.1) is 22.6 Å². The summed E-state index contributed by atoms with van der Waals surface area (Å²) in [6.45, 7) is 11.3. The number of nitrogens with zero attached hydrogens (tertiary/aromatic N) is 2. The van der Waals surface area contributed by atoms with Crippen molar-refractivity contribution in [3.8, 4) is 5.69 Å². The van der Waals surface area contributed by atoms with Crippen molar-refractivity contribution in [3.63, 3.8) is 0 Å². The summed E-state index contributed by atoms with van der Waals surface area (Å²) in [5.41, 5.74) is 3.71. The van der Waals surface area contributed by atoms with Crippen LogP contribution in [0.4, 0.5) is 0 Å².